The maximum Gasteiger partial charge on any atom is 0.573 e. The molecule has 35 heavy (non-hydrogen) atoms. The van der Waals surface area contributed by atoms with Crippen molar-refractivity contribution in [2.75, 3.05) is 46.1 Å². The van der Waals surface area contributed by atoms with Gasteiger partial charge in [-0.3, -0.25) is 9.69 Å². The zero-order valence-corrected chi connectivity index (χ0v) is 19.1. The number of carbonyl (C=O) groups is 1. The molecule has 190 valence electrons. The van der Waals surface area contributed by atoms with Crippen molar-refractivity contribution >= 4 is 5.78 Å². The molecule has 2 aliphatic heterocycles. The molecule has 2 aromatic rings. The number of ketones is 1. The summed E-state index contributed by atoms with van der Waals surface area (Å²) in [6.07, 6.45) is -5.54. The highest BCUT2D eigenvalue weighted by Gasteiger charge is 2.31. The Morgan fingerprint density at radius 3 is 2.37 bits per heavy atom. The number of fused-ring (bicyclic) bond motifs is 1. The minimum Gasteiger partial charge on any atom is -0.486 e. The third-order valence-electron chi connectivity index (χ3n) is 6.00. The predicted octanol–water partition coefficient (Wildman–Crippen LogP) is 3.54. The Morgan fingerprint density at radius 1 is 1.00 bits per heavy atom. The van der Waals surface area contributed by atoms with Crippen molar-refractivity contribution in [2.45, 2.75) is 25.3 Å². The third kappa shape index (κ3) is 7.33. The van der Waals surface area contributed by atoms with Gasteiger partial charge in [0.15, 0.2) is 11.5 Å². The van der Waals surface area contributed by atoms with Gasteiger partial charge in [0.2, 0.25) is 0 Å². The van der Waals surface area contributed by atoms with Gasteiger partial charge in [0, 0.05) is 38.4 Å². The molecule has 0 aromatic heterocycles. The molecule has 2 heterocycles. The fraction of sp³-hybridized carbons (Fsp3) is 0.480. The first-order valence-electron chi connectivity index (χ1n) is 11.5. The zero-order chi connectivity index (χ0) is 24.8. The highest BCUT2D eigenvalue weighted by atomic mass is 19.4. The quantitative estimate of drug-likeness (QED) is 0.570. The van der Waals surface area contributed by atoms with Crippen LogP contribution in [0.3, 0.4) is 0 Å². The fourth-order valence-electron chi connectivity index (χ4n) is 4.31. The standard InChI is InChI=1S/C25H28F3NO6/c26-25(27,28)35-21-4-1-17(2-5-21)13-20(30)14-19(16-29-7-9-32-10-8-29)24(31)18-3-6-22-23(15-18)34-12-11-33-22/h1-6,15,19,24,31H,7-14,16H2/t19-,24-/m1/s1. The normalized spacial score (nSPS) is 18.1. The SMILES string of the molecule is O=C(Cc1ccc(OC(F)(F)F)cc1)C[C@H](CN1CCOCC1)[C@H](O)c1ccc2c(c1)OCCO2. The van der Waals surface area contributed by atoms with Crippen LogP contribution in [0.2, 0.25) is 0 Å². The molecule has 1 N–H and O–H groups in total. The van der Waals surface area contributed by atoms with Crippen molar-refractivity contribution in [3.05, 3.63) is 53.6 Å². The Morgan fingerprint density at radius 2 is 1.69 bits per heavy atom. The maximum atomic E-state index is 12.9. The van der Waals surface area contributed by atoms with Crippen LogP contribution >= 0.6 is 0 Å². The smallest absolute Gasteiger partial charge is 0.486 e. The lowest BCUT2D eigenvalue weighted by atomic mass is 9.89. The minimum absolute atomic E-state index is 0.0414. The van der Waals surface area contributed by atoms with E-state index < -0.39 is 18.4 Å². The van der Waals surface area contributed by atoms with Crippen LogP contribution in [-0.2, 0) is 16.0 Å². The second-order valence-corrected chi connectivity index (χ2v) is 8.63. The van der Waals surface area contributed by atoms with Crippen LogP contribution in [0.1, 0.15) is 23.7 Å². The first kappa shape index (κ1) is 25.3. The lowest BCUT2D eigenvalue weighted by Gasteiger charge is -2.32. The number of nitrogens with zero attached hydrogens (tertiary/aromatic N) is 1. The molecule has 0 amide bonds. The number of hydrogen-bond donors (Lipinski definition) is 1. The molecule has 4 rings (SSSR count). The van der Waals surface area contributed by atoms with E-state index in [4.69, 9.17) is 14.2 Å². The number of morpholine rings is 1. The first-order chi connectivity index (χ1) is 16.8. The van der Waals surface area contributed by atoms with Crippen molar-refractivity contribution < 1.29 is 42.0 Å². The van der Waals surface area contributed by atoms with E-state index in [1.54, 1.807) is 18.2 Å². The fourth-order valence-corrected chi connectivity index (χ4v) is 4.31. The van der Waals surface area contributed by atoms with E-state index in [1.807, 2.05) is 0 Å². The second-order valence-electron chi connectivity index (χ2n) is 8.63. The number of alkyl halides is 3. The van der Waals surface area contributed by atoms with Gasteiger partial charge in [-0.1, -0.05) is 18.2 Å². The van der Waals surface area contributed by atoms with Gasteiger partial charge in [-0.15, -0.1) is 13.2 Å². The van der Waals surface area contributed by atoms with Crippen LogP contribution < -0.4 is 14.2 Å². The van der Waals surface area contributed by atoms with Gasteiger partial charge in [-0.25, -0.2) is 0 Å². The Balaban J connectivity index is 1.44. The van der Waals surface area contributed by atoms with E-state index in [2.05, 4.69) is 9.64 Å². The monoisotopic (exact) mass is 495 g/mol. The van der Waals surface area contributed by atoms with E-state index in [0.29, 0.717) is 68.7 Å². The number of carbonyl (C=O) groups excluding carboxylic acids is 1. The molecule has 7 nitrogen and oxygen atoms in total. The zero-order valence-electron chi connectivity index (χ0n) is 19.1. The van der Waals surface area contributed by atoms with E-state index in [9.17, 15) is 23.1 Å². The summed E-state index contributed by atoms with van der Waals surface area (Å²) >= 11 is 0. The molecule has 2 aliphatic rings. The molecule has 0 spiro atoms. The van der Waals surface area contributed by atoms with Crippen molar-refractivity contribution in [3.63, 3.8) is 0 Å². The topological polar surface area (TPSA) is 77.5 Å². The van der Waals surface area contributed by atoms with Gasteiger partial charge in [0.25, 0.3) is 0 Å². The Kier molecular flexibility index (Phi) is 8.15. The number of rotatable bonds is 9. The Bertz CT molecular complexity index is 992. The summed E-state index contributed by atoms with van der Waals surface area (Å²) in [4.78, 5) is 15.1. The number of benzene rings is 2. The molecule has 1 fully saturated rings. The molecule has 2 atom stereocenters. The summed E-state index contributed by atoms with van der Waals surface area (Å²) in [5, 5.41) is 11.2. The number of aliphatic hydroxyl groups excluding tert-OH is 1. The molecule has 0 saturated carbocycles. The summed E-state index contributed by atoms with van der Waals surface area (Å²) in [6, 6.07) is 10.5. The largest absolute Gasteiger partial charge is 0.573 e. The van der Waals surface area contributed by atoms with Crippen LogP contribution in [0.5, 0.6) is 17.2 Å². The molecular formula is C25H28F3NO6. The van der Waals surface area contributed by atoms with Crippen molar-refractivity contribution in [2.24, 2.45) is 5.92 Å². The lowest BCUT2D eigenvalue weighted by molar-refractivity contribution is -0.274. The minimum atomic E-state index is -4.77. The van der Waals surface area contributed by atoms with Gasteiger partial charge in [-0.05, 0) is 35.4 Å². The first-order valence-corrected chi connectivity index (χ1v) is 11.5. The number of halogens is 3. The third-order valence-corrected chi connectivity index (χ3v) is 6.00. The summed E-state index contributed by atoms with van der Waals surface area (Å²) in [6.45, 7) is 3.99. The number of Topliss-reactive ketones (excluding diaryl/α,β-unsaturated/α-hetero) is 1. The Labute approximate surface area is 201 Å². The Hall–Kier alpha value is -2.82. The summed E-state index contributed by atoms with van der Waals surface area (Å²) in [7, 11) is 0. The predicted molar refractivity (Wildman–Crippen MR) is 120 cm³/mol. The second kappa shape index (κ2) is 11.3. The highest BCUT2D eigenvalue weighted by Crippen LogP contribution is 2.35. The van der Waals surface area contributed by atoms with Crippen molar-refractivity contribution in [1.29, 1.82) is 0 Å². The van der Waals surface area contributed by atoms with Gasteiger partial charge < -0.3 is 24.1 Å². The van der Waals surface area contributed by atoms with Crippen LogP contribution in [0.4, 0.5) is 13.2 Å². The molecular weight excluding hydrogens is 467 g/mol. The van der Waals surface area contributed by atoms with Crippen LogP contribution in [0.15, 0.2) is 42.5 Å². The summed E-state index contributed by atoms with van der Waals surface area (Å²) in [5.74, 6) is 0.324. The van der Waals surface area contributed by atoms with Gasteiger partial charge in [0.05, 0.1) is 19.3 Å². The summed E-state index contributed by atoms with van der Waals surface area (Å²) < 4.78 is 57.6. The van der Waals surface area contributed by atoms with Crippen LogP contribution in [-0.4, -0.2) is 68.2 Å². The van der Waals surface area contributed by atoms with E-state index in [-0.39, 0.29) is 24.4 Å². The summed E-state index contributed by atoms with van der Waals surface area (Å²) in [5.41, 5.74) is 1.21. The van der Waals surface area contributed by atoms with E-state index >= 15 is 0 Å². The molecule has 0 bridgehead atoms. The van der Waals surface area contributed by atoms with Crippen LogP contribution in [0.25, 0.3) is 0 Å². The molecule has 10 heteroatoms. The number of hydrogen-bond acceptors (Lipinski definition) is 7. The molecule has 0 unspecified atom stereocenters. The van der Waals surface area contributed by atoms with Gasteiger partial charge in [0.1, 0.15) is 24.7 Å². The molecule has 0 radical (unpaired) electrons. The highest BCUT2D eigenvalue weighted by molar-refractivity contribution is 5.81. The lowest BCUT2D eigenvalue weighted by Crippen LogP contribution is -2.41. The van der Waals surface area contributed by atoms with Crippen molar-refractivity contribution in [3.8, 4) is 17.2 Å². The van der Waals surface area contributed by atoms with Crippen molar-refractivity contribution in [1.82, 2.24) is 4.90 Å². The average molecular weight is 495 g/mol. The van der Waals surface area contributed by atoms with E-state index in [0.717, 1.165) is 0 Å². The average Bonchev–Trinajstić information content (AvgIpc) is 2.84. The molecule has 0 aliphatic carbocycles. The van der Waals surface area contributed by atoms with Gasteiger partial charge in [-0.2, -0.15) is 0 Å². The van der Waals surface area contributed by atoms with E-state index in [1.165, 1.54) is 24.3 Å². The molecule has 2 aromatic carbocycles. The number of ether oxygens (including phenoxy) is 4. The van der Waals surface area contributed by atoms with Gasteiger partial charge >= 0.3 is 6.36 Å². The van der Waals surface area contributed by atoms with Crippen LogP contribution in [0, 0.1) is 5.92 Å². The number of aliphatic hydroxyl groups is 1. The maximum absolute atomic E-state index is 12.9. The molecule has 1 saturated heterocycles.